The molecule has 6 heteroatoms. The molecule has 3 aromatic rings. The molecule has 1 aliphatic rings. The van der Waals surface area contributed by atoms with E-state index in [-0.39, 0.29) is 0 Å². The minimum Gasteiger partial charge on any atom is -0.378 e. The maximum atomic E-state index is 5.57. The number of pyridine rings is 2. The molecule has 0 unspecified atom stereocenters. The maximum Gasteiger partial charge on any atom is 0.173 e. The summed E-state index contributed by atoms with van der Waals surface area (Å²) < 4.78 is 5.38. The highest BCUT2D eigenvalue weighted by Crippen LogP contribution is 2.30. The molecule has 1 saturated heterocycles. The van der Waals surface area contributed by atoms with E-state index in [1.807, 2.05) is 18.3 Å². The van der Waals surface area contributed by atoms with E-state index in [2.05, 4.69) is 32.3 Å². The third-order valence-corrected chi connectivity index (χ3v) is 4.41. The SMILES string of the molecule is S=C(Nc1cc2ccncc2c2ncccc12)N1CCOCC1. The molecule has 4 rings (SSSR count). The summed E-state index contributed by atoms with van der Waals surface area (Å²) in [6.07, 6.45) is 5.45. The highest BCUT2D eigenvalue weighted by atomic mass is 32.1. The second-order valence-corrected chi connectivity index (χ2v) is 5.84. The first-order valence-corrected chi connectivity index (χ1v) is 7.99. The molecule has 0 spiro atoms. The lowest BCUT2D eigenvalue weighted by Crippen LogP contribution is -2.42. The summed E-state index contributed by atoms with van der Waals surface area (Å²) in [6, 6.07) is 8.09. The van der Waals surface area contributed by atoms with Crippen LogP contribution in [0.1, 0.15) is 0 Å². The number of fused-ring (bicyclic) bond motifs is 3. The Morgan fingerprint density at radius 2 is 2.04 bits per heavy atom. The smallest absolute Gasteiger partial charge is 0.173 e. The molecule has 0 saturated carbocycles. The van der Waals surface area contributed by atoms with Crippen LogP contribution in [0.4, 0.5) is 5.69 Å². The largest absolute Gasteiger partial charge is 0.378 e. The van der Waals surface area contributed by atoms with E-state index in [1.54, 1.807) is 12.4 Å². The molecule has 0 amide bonds. The predicted octanol–water partition coefficient (Wildman–Crippen LogP) is 2.81. The van der Waals surface area contributed by atoms with E-state index >= 15 is 0 Å². The summed E-state index contributed by atoms with van der Waals surface area (Å²) in [7, 11) is 0. The number of morpholine rings is 1. The highest BCUT2D eigenvalue weighted by Gasteiger charge is 2.15. The number of aromatic nitrogens is 2. The van der Waals surface area contributed by atoms with Gasteiger partial charge in [-0.15, -0.1) is 0 Å². The zero-order chi connectivity index (χ0) is 15.6. The fourth-order valence-corrected chi connectivity index (χ4v) is 3.16. The highest BCUT2D eigenvalue weighted by molar-refractivity contribution is 7.80. The van der Waals surface area contributed by atoms with Crippen molar-refractivity contribution in [2.24, 2.45) is 0 Å². The molecule has 1 aromatic carbocycles. The Labute approximate surface area is 139 Å². The topological polar surface area (TPSA) is 50.3 Å². The fourth-order valence-electron chi connectivity index (χ4n) is 2.86. The normalized spacial score (nSPS) is 15.0. The van der Waals surface area contributed by atoms with Gasteiger partial charge in [-0.05, 0) is 41.9 Å². The van der Waals surface area contributed by atoms with Gasteiger partial charge in [-0.1, -0.05) is 0 Å². The van der Waals surface area contributed by atoms with Crippen molar-refractivity contribution in [3.8, 4) is 0 Å². The molecule has 1 aliphatic heterocycles. The number of hydrogen-bond donors (Lipinski definition) is 1. The van der Waals surface area contributed by atoms with Crippen LogP contribution < -0.4 is 5.32 Å². The average Bonchev–Trinajstić information content (AvgIpc) is 2.62. The van der Waals surface area contributed by atoms with E-state index in [0.29, 0.717) is 13.2 Å². The van der Waals surface area contributed by atoms with Crippen molar-refractivity contribution in [3.63, 3.8) is 0 Å². The van der Waals surface area contributed by atoms with Gasteiger partial charge in [0.2, 0.25) is 0 Å². The van der Waals surface area contributed by atoms with Crippen molar-refractivity contribution < 1.29 is 4.74 Å². The van der Waals surface area contributed by atoms with Crippen LogP contribution in [0, 0.1) is 0 Å². The first kappa shape index (κ1) is 14.3. The van der Waals surface area contributed by atoms with E-state index < -0.39 is 0 Å². The summed E-state index contributed by atoms with van der Waals surface area (Å²) in [5.41, 5.74) is 1.91. The van der Waals surface area contributed by atoms with Gasteiger partial charge < -0.3 is 15.0 Å². The number of hydrogen-bond acceptors (Lipinski definition) is 4. The quantitative estimate of drug-likeness (QED) is 0.549. The zero-order valence-corrected chi connectivity index (χ0v) is 13.3. The van der Waals surface area contributed by atoms with Crippen molar-refractivity contribution in [2.75, 3.05) is 31.6 Å². The molecule has 1 fully saturated rings. The van der Waals surface area contributed by atoms with Crippen molar-refractivity contribution >= 4 is 44.7 Å². The van der Waals surface area contributed by atoms with Crippen LogP contribution in [0.3, 0.4) is 0 Å². The number of ether oxygens (including phenoxy) is 1. The lowest BCUT2D eigenvalue weighted by Gasteiger charge is -2.29. The van der Waals surface area contributed by atoms with Gasteiger partial charge in [0.1, 0.15) is 0 Å². The number of rotatable bonds is 1. The van der Waals surface area contributed by atoms with E-state index in [1.165, 1.54) is 0 Å². The van der Waals surface area contributed by atoms with Crippen LogP contribution in [0.2, 0.25) is 0 Å². The van der Waals surface area contributed by atoms with Gasteiger partial charge in [-0.3, -0.25) is 9.97 Å². The molecule has 2 aromatic heterocycles. The van der Waals surface area contributed by atoms with E-state index in [4.69, 9.17) is 17.0 Å². The minimum atomic E-state index is 0.716. The Hall–Kier alpha value is -2.31. The van der Waals surface area contributed by atoms with Crippen molar-refractivity contribution in [2.45, 2.75) is 0 Å². The Morgan fingerprint density at radius 3 is 2.91 bits per heavy atom. The van der Waals surface area contributed by atoms with Gasteiger partial charge >= 0.3 is 0 Å². The van der Waals surface area contributed by atoms with E-state index in [9.17, 15) is 0 Å². The van der Waals surface area contributed by atoms with Crippen LogP contribution in [0.5, 0.6) is 0 Å². The number of nitrogens with zero attached hydrogens (tertiary/aromatic N) is 3. The lowest BCUT2D eigenvalue weighted by molar-refractivity contribution is 0.0690. The van der Waals surface area contributed by atoms with E-state index in [0.717, 1.165) is 45.6 Å². The van der Waals surface area contributed by atoms with Gasteiger partial charge in [0.25, 0.3) is 0 Å². The molecular weight excluding hydrogens is 308 g/mol. The van der Waals surface area contributed by atoms with Gasteiger partial charge in [0.05, 0.1) is 24.4 Å². The molecule has 0 radical (unpaired) electrons. The third kappa shape index (κ3) is 2.71. The predicted molar refractivity (Wildman–Crippen MR) is 95.7 cm³/mol. The van der Waals surface area contributed by atoms with Gasteiger partial charge in [-0.2, -0.15) is 0 Å². The van der Waals surface area contributed by atoms with Gasteiger partial charge in [0.15, 0.2) is 5.11 Å². The summed E-state index contributed by atoms with van der Waals surface area (Å²) in [4.78, 5) is 10.9. The first-order valence-electron chi connectivity index (χ1n) is 7.58. The second kappa shape index (κ2) is 6.06. The van der Waals surface area contributed by atoms with Gasteiger partial charge in [0, 0.05) is 42.5 Å². The molecule has 5 nitrogen and oxygen atoms in total. The van der Waals surface area contributed by atoms with Crippen LogP contribution in [0.15, 0.2) is 42.9 Å². The summed E-state index contributed by atoms with van der Waals surface area (Å²) in [5, 5.41) is 7.30. The Balaban J connectivity index is 1.77. The Morgan fingerprint density at radius 1 is 1.17 bits per heavy atom. The molecule has 0 bridgehead atoms. The molecule has 3 heterocycles. The first-order chi connectivity index (χ1) is 11.3. The summed E-state index contributed by atoms with van der Waals surface area (Å²) in [5.74, 6) is 0. The van der Waals surface area contributed by atoms with Crippen LogP contribution in [0.25, 0.3) is 21.7 Å². The molecule has 0 aliphatic carbocycles. The number of thiocarbonyl (C=S) groups is 1. The minimum absolute atomic E-state index is 0.716. The third-order valence-electron chi connectivity index (χ3n) is 4.05. The van der Waals surface area contributed by atoms with Crippen molar-refractivity contribution in [3.05, 3.63) is 42.9 Å². The molecule has 23 heavy (non-hydrogen) atoms. The molecule has 116 valence electrons. The zero-order valence-electron chi connectivity index (χ0n) is 12.5. The fraction of sp³-hybridized carbons (Fsp3) is 0.235. The number of nitrogens with one attached hydrogen (secondary N) is 1. The second-order valence-electron chi connectivity index (χ2n) is 5.45. The Kier molecular flexibility index (Phi) is 3.77. The summed E-state index contributed by atoms with van der Waals surface area (Å²) >= 11 is 5.57. The summed E-state index contributed by atoms with van der Waals surface area (Å²) in [6.45, 7) is 3.07. The van der Waals surface area contributed by atoms with Crippen molar-refractivity contribution in [1.82, 2.24) is 14.9 Å². The van der Waals surface area contributed by atoms with Crippen LogP contribution in [-0.2, 0) is 4.74 Å². The van der Waals surface area contributed by atoms with Gasteiger partial charge in [-0.25, -0.2) is 0 Å². The molecule has 1 N–H and O–H groups in total. The number of anilines is 1. The lowest BCUT2D eigenvalue weighted by atomic mass is 10.1. The monoisotopic (exact) mass is 324 g/mol. The van der Waals surface area contributed by atoms with Crippen LogP contribution in [-0.4, -0.2) is 46.3 Å². The van der Waals surface area contributed by atoms with Crippen molar-refractivity contribution in [1.29, 1.82) is 0 Å². The molecular formula is C17H16N4OS. The Bertz CT molecular complexity index is 877. The number of benzene rings is 1. The standard InChI is InChI=1S/C17H16N4OS/c23-17(21-6-8-22-9-7-21)20-15-10-12-3-5-18-11-14(12)16-13(15)2-1-4-19-16/h1-5,10-11H,6-9H2,(H,20,23). The maximum absolute atomic E-state index is 5.57. The average molecular weight is 324 g/mol. The van der Waals surface area contributed by atoms with Crippen LogP contribution >= 0.6 is 12.2 Å². The molecule has 0 atom stereocenters.